The minimum atomic E-state index is -1.17. The molecule has 3 amide bonds. The Bertz CT molecular complexity index is 1360. The largest absolute Gasteiger partial charge is 0.481 e. The van der Waals surface area contributed by atoms with Crippen LogP contribution in [0.1, 0.15) is 67.6 Å². The lowest BCUT2D eigenvalue weighted by Gasteiger charge is -2.32. The number of benzene rings is 2. The van der Waals surface area contributed by atoms with Crippen LogP contribution in [-0.4, -0.2) is 47.1 Å². The van der Waals surface area contributed by atoms with Crippen LogP contribution in [0.4, 0.5) is 4.39 Å². The molecule has 0 spiro atoms. The summed E-state index contributed by atoms with van der Waals surface area (Å²) in [5, 5.41) is 15.5. The lowest BCUT2D eigenvalue weighted by Crippen LogP contribution is -2.48. The molecule has 0 aliphatic rings. The lowest BCUT2D eigenvalue weighted by molar-refractivity contribution is -0.200. The van der Waals surface area contributed by atoms with Crippen LogP contribution in [0.25, 0.3) is 11.3 Å². The number of carbonyl (C=O) groups excluding carboxylic acids is 3. The normalized spacial score (nSPS) is 12.3. The molecular weight excluding hydrogens is 557 g/mol. The molecule has 3 aromatic rings. The Labute approximate surface area is 250 Å². The summed E-state index contributed by atoms with van der Waals surface area (Å²) in [6.07, 6.45) is 3.80. The van der Waals surface area contributed by atoms with Gasteiger partial charge in [0.15, 0.2) is 5.76 Å². The van der Waals surface area contributed by atoms with Crippen LogP contribution in [0.5, 0.6) is 0 Å². The zero-order chi connectivity index (χ0) is 31.2. The van der Waals surface area contributed by atoms with E-state index in [0.717, 1.165) is 30.9 Å². The zero-order valence-corrected chi connectivity index (χ0v) is 24.4. The van der Waals surface area contributed by atoms with Crippen LogP contribution in [-0.2, 0) is 32.2 Å². The van der Waals surface area contributed by atoms with Gasteiger partial charge < -0.3 is 20.2 Å². The predicted molar refractivity (Wildman–Crippen MR) is 157 cm³/mol. The number of hydrogen-bond donors (Lipinski definition) is 3. The van der Waals surface area contributed by atoms with E-state index in [-0.39, 0.29) is 36.3 Å². The van der Waals surface area contributed by atoms with Gasteiger partial charge in [-0.1, -0.05) is 63.4 Å². The van der Waals surface area contributed by atoms with E-state index >= 15 is 0 Å². The third-order valence-corrected chi connectivity index (χ3v) is 7.01. The van der Waals surface area contributed by atoms with E-state index in [1.54, 1.807) is 0 Å². The summed E-state index contributed by atoms with van der Waals surface area (Å²) in [5.41, 5.74) is 1.30. The monoisotopic (exact) mass is 595 g/mol. The molecule has 2 atom stereocenters. The van der Waals surface area contributed by atoms with Gasteiger partial charge >= 0.3 is 5.97 Å². The maximum absolute atomic E-state index is 14.0. The second-order valence-electron chi connectivity index (χ2n) is 10.1. The fourth-order valence-corrected chi connectivity index (χ4v) is 4.75. The number of nitrogens with one attached hydrogen (secondary N) is 2. The minimum Gasteiger partial charge on any atom is -0.481 e. The molecule has 43 heavy (non-hydrogen) atoms. The molecule has 10 nitrogen and oxygen atoms in total. The molecule has 3 rings (SSSR count). The van der Waals surface area contributed by atoms with Crippen molar-refractivity contribution < 1.29 is 37.9 Å². The van der Waals surface area contributed by atoms with Gasteiger partial charge in [0.2, 0.25) is 12.3 Å². The molecule has 0 aliphatic heterocycles. The van der Waals surface area contributed by atoms with Crippen LogP contribution in [0, 0.1) is 11.7 Å². The number of unbranched alkanes of at least 4 members (excludes halogenated alkanes) is 2. The average molecular weight is 596 g/mol. The van der Waals surface area contributed by atoms with Gasteiger partial charge in [0.1, 0.15) is 18.2 Å². The molecule has 0 radical (unpaired) electrons. The summed E-state index contributed by atoms with van der Waals surface area (Å²) in [7, 11) is 0. The Balaban J connectivity index is 1.62. The van der Waals surface area contributed by atoms with Crippen molar-refractivity contribution in [2.75, 3.05) is 6.67 Å². The minimum absolute atomic E-state index is 0.00685. The number of hydrogen-bond acceptors (Lipinski definition) is 6. The van der Waals surface area contributed by atoms with Crippen molar-refractivity contribution in [2.24, 2.45) is 5.92 Å². The molecule has 3 N–H and O–H groups in total. The van der Waals surface area contributed by atoms with E-state index in [9.17, 15) is 23.6 Å². The number of aliphatic carboxylic acids is 1. The molecule has 230 valence electrons. The molecule has 11 heteroatoms. The van der Waals surface area contributed by atoms with E-state index in [1.165, 1.54) is 29.3 Å². The summed E-state index contributed by atoms with van der Waals surface area (Å²) in [4.78, 5) is 54.8. The third kappa shape index (κ3) is 9.78. The first-order valence-electron chi connectivity index (χ1n) is 14.3. The number of nitrogens with zero attached hydrogens (tertiary/aromatic N) is 1. The zero-order valence-electron chi connectivity index (χ0n) is 24.4. The summed E-state index contributed by atoms with van der Waals surface area (Å²) < 4.78 is 19.6. The van der Waals surface area contributed by atoms with Gasteiger partial charge in [-0.2, -0.15) is 0 Å². The Morgan fingerprint density at radius 3 is 2.49 bits per heavy atom. The number of carboxylic acids is 1. The summed E-state index contributed by atoms with van der Waals surface area (Å²) in [6.45, 7) is 3.95. The standard InChI is InChI=1S/C32H38FN3O7/c1-3-5-7-12-25(27(4-2)36(21-37)42-19-22-10-8-6-9-11-22)31(40)34-20-35-32(41)29-16-15-28(43-29)23-13-14-26(33)24(17-23)18-30(38)39/h6,8-11,13-17,21,25,27H,3-5,7,12,18-20H2,1-2H3,(H,34,40)(H,35,41)(H,38,39)/t25-,27-/m1/s1. The van der Waals surface area contributed by atoms with Gasteiger partial charge in [-0.15, -0.1) is 0 Å². The van der Waals surface area contributed by atoms with Crippen LogP contribution in [0.3, 0.4) is 0 Å². The highest BCUT2D eigenvalue weighted by molar-refractivity contribution is 5.92. The molecular formula is C32H38FN3O7. The van der Waals surface area contributed by atoms with Crippen LogP contribution >= 0.6 is 0 Å². The first-order chi connectivity index (χ1) is 20.8. The van der Waals surface area contributed by atoms with Crippen molar-refractivity contribution in [3.63, 3.8) is 0 Å². The smallest absolute Gasteiger partial charge is 0.307 e. The van der Waals surface area contributed by atoms with Gasteiger partial charge in [0.05, 0.1) is 25.0 Å². The fraction of sp³-hybridized carbons (Fsp3) is 0.375. The van der Waals surface area contributed by atoms with E-state index in [4.69, 9.17) is 14.4 Å². The first-order valence-corrected chi connectivity index (χ1v) is 14.3. The summed E-state index contributed by atoms with van der Waals surface area (Å²) in [6, 6.07) is 15.8. The highest BCUT2D eigenvalue weighted by atomic mass is 19.1. The van der Waals surface area contributed by atoms with Crippen LogP contribution < -0.4 is 10.6 Å². The van der Waals surface area contributed by atoms with E-state index < -0.39 is 36.1 Å². The first kappa shape index (κ1) is 33.0. The fourth-order valence-electron chi connectivity index (χ4n) is 4.75. The molecule has 2 aromatic carbocycles. The molecule has 1 heterocycles. The van der Waals surface area contributed by atoms with Gasteiger partial charge in [-0.05, 0) is 54.3 Å². The highest BCUT2D eigenvalue weighted by Crippen LogP contribution is 2.25. The van der Waals surface area contributed by atoms with Crippen molar-refractivity contribution in [1.29, 1.82) is 0 Å². The Morgan fingerprint density at radius 2 is 1.81 bits per heavy atom. The number of halogens is 1. The van der Waals surface area contributed by atoms with Crippen molar-refractivity contribution in [1.82, 2.24) is 15.7 Å². The Morgan fingerprint density at radius 1 is 1.05 bits per heavy atom. The van der Waals surface area contributed by atoms with E-state index in [2.05, 4.69) is 17.6 Å². The van der Waals surface area contributed by atoms with E-state index in [1.807, 2.05) is 37.3 Å². The molecule has 0 saturated carbocycles. The molecule has 0 fully saturated rings. The number of hydroxylamine groups is 2. The number of rotatable bonds is 18. The van der Waals surface area contributed by atoms with Crippen LogP contribution in [0.15, 0.2) is 65.1 Å². The highest BCUT2D eigenvalue weighted by Gasteiger charge is 2.32. The van der Waals surface area contributed by atoms with Crippen molar-refractivity contribution in [2.45, 2.75) is 65.0 Å². The van der Waals surface area contributed by atoms with Crippen LogP contribution in [0.2, 0.25) is 0 Å². The average Bonchev–Trinajstić information content (AvgIpc) is 3.50. The molecule has 0 saturated heterocycles. The Kier molecular flexibility index (Phi) is 12.9. The Hall–Kier alpha value is -4.51. The lowest BCUT2D eigenvalue weighted by atomic mass is 9.90. The maximum Gasteiger partial charge on any atom is 0.307 e. The summed E-state index contributed by atoms with van der Waals surface area (Å²) in [5.74, 6) is -3.08. The van der Waals surface area contributed by atoms with Gasteiger partial charge in [-0.25, -0.2) is 9.45 Å². The third-order valence-electron chi connectivity index (χ3n) is 7.01. The summed E-state index contributed by atoms with van der Waals surface area (Å²) >= 11 is 0. The topological polar surface area (TPSA) is 138 Å². The number of carboxylic acid groups (broad SMARTS) is 1. The van der Waals surface area contributed by atoms with Gasteiger partial charge in [0.25, 0.3) is 5.91 Å². The number of amides is 3. The second kappa shape index (κ2) is 16.8. The van der Waals surface area contributed by atoms with Crippen molar-refractivity contribution >= 4 is 24.2 Å². The predicted octanol–water partition coefficient (Wildman–Crippen LogP) is 5.08. The molecule has 0 aliphatic carbocycles. The second-order valence-corrected chi connectivity index (χ2v) is 10.1. The van der Waals surface area contributed by atoms with Gasteiger partial charge in [-0.3, -0.25) is 24.0 Å². The maximum atomic E-state index is 14.0. The number of carbonyl (C=O) groups is 4. The van der Waals surface area contributed by atoms with Crippen molar-refractivity contribution in [3.8, 4) is 11.3 Å². The molecule has 1 aromatic heterocycles. The molecule has 0 unspecified atom stereocenters. The quantitative estimate of drug-likeness (QED) is 0.0807. The molecule has 0 bridgehead atoms. The van der Waals surface area contributed by atoms with Crippen molar-refractivity contribution in [3.05, 3.63) is 83.4 Å². The number of furan rings is 1. The van der Waals surface area contributed by atoms with Gasteiger partial charge in [0, 0.05) is 5.56 Å². The SMILES string of the molecule is CCCCC[C@@H](C(=O)NCNC(=O)c1ccc(-c2ccc(F)c(CC(=O)O)c2)o1)[C@@H](CC)N(C=O)OCc1ccccc1. The van der Waals surface area contributed by atoms with E-state index in [0.29, 0.717) is 24.8 Å².